The summed E-state index contributed by atoms with van der Waals surface area (Å²) >= 11 is 0. The third kappa shape index (κ3) is 4.72. The number of amides is 3. The third-order valence-corrected chi connectivity index (χ3v) is 4.91. The molecule has 136 valence electrons. The van der Waals surface area contributed by atoms with E-state index >= 15 is 0 Å². The molecule has 0 unspecified atom stereocenters. The molecular weight excluding hydrogens is 318 g/mol. The molecule has 2 aliphatic heterocycles. The van der Waals surface area contributed by atoms with Gasteiger partial charge in [-0.3, -0.25) is 4.79 Å². The number of aryl methyl sites for hydroxylation is 1. The molecule has 1 aromatic rings. The highest BCUT2D eigenvalue weighted by molar-refractivity contribution is 5.81. The maximum atomic E-state index is 12.7. The van der Waals surface area contributed by atoms with E-state index in [1.807, 2.05) is 30.0 Å². The van der Waals surface area contributed by atoms with E-state index < -0.39 is 0 Å². The van der Waals surface area contributed by atoms with Crippen LogP contribution in [0.15, 0.2) is 24.3 Å². The van der Waals surface area contributed by atoms with Crippen LogP contribution in [-0.2, 0) is 16.1 Å². The van der Waals surface area contributed by atoms with Crippen molar-refractivity contribution in [1.82, 2.24) is 15.1 Å². The van der Waals surface area contributed by atoms with Gasteiger partial charge in [-0.25, -0.2) is 4.79 Å². The van der Waals surface area contributed by atoms with Gasteiger partial charge in [-0.05, 0) is 25.3 Å². The largest absolute Gasteiger partial charge is 0.378 e. The van der Waals surface area contributed by atoms with Gasteiger partial charge < -0.3 is 19.9 Å². The Hall–Kier alpha value is -2.08. The lowest BCUT2D eigenvalue weighted by atomic mass is 9.96. The molecule has 2 fully saturated rings. The number of nitrogens with zero attached hydrogens (tertiary/aromatic N) is 2. The summed E-state index contributed by atoms with van der Waals surface area (Å²) in [6.07, 6.45) is 1.73. The minimum Gasteiger partial charge on any atom is -0.378 e. The van der Waals surface area contributed by atoms with Crippen molar-refractivity contribution in [2.24, 2.45) is 5.92 Å². The number of morpholine rings is 1. The number of carbonyl (C=O) groups is 2. The van der Waals surface area contributed by atoms with E-state index in [2.05, 4.69) is 11.4 Å². The van der Waals surface area contributed by atoms with Gasteiger partial charge in [-0.1, -0.05) is 29.8 Å². The van der Waals surface area contributed by atoms with Gasteiger partial charge in [0.05, 0.1) is 19.1 Å². The topological polar surface area (TPSA) is 61.9 Å². The maximum absolute atomic E-state index is 12.7. The number of hydrogen-bond acceptors (Lipinski definition) is 3. The van der Waals surface area contributed by atoms with Gasteiger partial charge in [0.2, 0.25) is 5.91 Å². The fourth-order valence-corrected chi connectivity index (χ4v) is 3.52. The zero-order chi connectivity index (χ0) is 17.6. The Morgan fingerprint density at radius 1 is 1.20 bits per heavy atom. The first-order valence-corrected chi connectivity index (χ1v) is 9.08. The second-order valence-electron chi connectivity index (χ2n) is 6.87. The molecular formula is C19H27N3O3. The van der Waals surface area contributed by atoms with E-state index in [4.69, 9.17) is 4.74 Å². The number of likely N-dealkylation sites (tertiary alicyclic amines) is 1. The van der Waals surface area contributed by atoms with E-state index in [0.717, 1.165) is 18.4 Å². The number of benzene rings is 1. The fraction of sp³-hybridized carbons (Fsp3) is 0.579. The van der Waals surface area contributed by atoms with Crippen molar-refractivity contribution < 1.29 is 14.3 Å². The molecule has 6 nitrogen and oxygen atoms in total. The molecule has 25 heavy (non-hydrogen) atoms. The molecule has 2 saturated heterocycles. The number of rotatable bonds is 3. The maximum Gasteiger partial charge on any atom is 0.317 e. The number of nitrogens with one attached hydrogen (secondary N) is 1. The summed E-state index contributed by atoms with van der Waals surface area (Å²) in [7, 11) is 0. The predicted molar refractivity (Wildman–Crippen MR) is 95.1 cm³/mol. The highest BCUT2D eigenvalue weighted by Crippen LogP contribution is 2.19. The van der Waals surface area contributed by atoms with Crippen molar-refractivity contribution in [2.45, 2.75) is 26.3 Å². The Kier molecular flexibility index (Phi) is 5.91. The van der Waals surface area contributed by atoms with E-state index in [1.165, 1.54) is 5.56 Å². The molecule has 0 saturated carbocycles. The van der Waals surface area contributed by atoms with Gasteiger partial charge in [0, 0.05) is 32.7 Å². The lowest BCUT2D eigenvalue weighted by Crippen LogP contribution is -2.51. The molecule has 3 rings (SSSR count). The Morgan fingerprint density at radius 2 is 2.00 bits per heavy atom. The molecule has 1 atom stereocenters. The molecule has 3 amide bonds. The Morgan fingerprint density at radius 3 is 2.76 bits per heavy atom. The smallest absolute Gasteiger partial charge is 0.317 e. The third-order valence-electron chi connectivity index (χ3n) is 4.91. The molecule has 2 aliphatic rings. The van der Waals surface area contributed by atoms with Crippen molar-refractivity contribution in [3.63, 3.8) is 0 Å². The summed E-state index contributed by atoms with van der Waals surface area (Å²) < 4.78 is 5.31. The fourth-order valence-electron chi connectivity index (χ4n) is 3.52. The van der Waals surface area contributed by atoms with Crippen LogP contribution in [0.3, 0.4) is 0 Å². The zero-order valence-corrected chi connectivity index (χ0v) is 14.9. The van der Waals surface area contributed by atoms with Crippen LogP contribution in [0.25, 0.3) is 0 Å². The van der Waals surface area contributed by atoms with Crippen LogP contribution in [0.1, 0.15) is 24.0 Å². The van der Waals surface area contributed by atoms with Crippen molar-refractivity contribution in [2.75, 3.05) is 39.4 Å². The van der Waals surface area contributed by atoms with Gasteiger partial charge in [0.25, 0.3) is 0 Å². The number of ether oxygens (including phenoxy) is 1. The van der Waals surface area contributed by atoms with Crippen LogP contribution < -0.4 is 5.32 Å². The summed E-state index contributed by atoms with van der Waals surface area (Å²) in [5.74, 6) is 0.0797. The molecule has 0 spiro atoms. The monoisotopic (exact) mass is 345 g/mol. The van der Waals surface area contributed by atoms with Crippen LogP contribution >= 0.6 is 0 Å². The number of urea groups is 1. The molecule has 0 aromatic heterocycles. The second kappa shape index (κ2) is 8.34. The van der Waals surface area contributed by atoms with Crippen LogP contribution in [0.4, 0.5) is 4.79 Å². The van der Waals surface area contributed by atoms with Gasteiger partial charge >= 0.3 is 6.03 Å². The van der Waals surface area contributed by atoms with E-state index in [1.54, 1.807) is 4.90 Å². The molecule has 0 bridgehead atoms. The highest BCUT2D eigenvalue weighted by Gasteiger charge is 2.31. The summed E-state index contributed by atoms with van der Waals surface area (Å²) in [6, 6.07) is 8.03. The van der Waals surface area contributed by atoms with Gasteiger partial charge in [0.15, 0.2) is 0 Å². The minimum atomic E-state index is -0.0865. The van der Waals surface area contributed by atoms with Crippen molar-refractivity contribution in [3.8, 4) is 0 Å². The standard InChI is InChI=1S/C19H27N3O3/c1-15-4-2-5-16(12-15)13-20-19(24)22-7-3-6-17(14-22)18(23)21-8-10-25-11-9-21/h2,4-5,12,17H,3,6-11,13-14H2,1H3,(H,20,24)/t17-/m0/s1. The van der Waals surface area contributed by atoms with Gasteiger partial charge in [0.1, 0.15) is 0 Å². The van der Waals surface area contributed by atoms with Crippen LogP contribution in [0.5, 0.6) is 0 Å². The van der Waals surface area contributed by atoms with E-state index in [-0.39, 0.29) is 17.9 Å². The highest BCUT2D eigenvalue weighted by atomic mass is 16.5. The second-order valence-corrected chi connectivity index (χ2v) is 6.87. The summed E-state index contributed by atoms with van der Waals surface area (Å²) in [5.41, 5.74) is 2.27. The van der Waals surface area contributed by atoms with Crippen molar-refractivity contribution in [1.29, 1.82) is 0 Å². The Labute approximate surface area is 149 Å². The summed E-state index contributed by atoms with van der Waals surface area (Å²) in [5, 5.41) is 2.98. The molecule has 1 aromatic carbocycles. The summed E-state index contributed by atoms with van der Waals surface area (Å²) in [4.78, 5) is 28.8. The number of carbonyl (C=O) groups excluding carboxylic acids is 2. The van der Waals surface area contributed by atoms with Crippen LogP contribution in [0, 0.1) is 12.8 Å². The lowest BCUT2D eigenvalue weighted by Gasteiger charge is -2.36. The van der Waals surface area contributed by atoms with Crippen molar-refractivity contribution >= 4 is 11.9 Å². The minimum absolute atomic E-state index is 0.0824. The summed E-state index contributed by atoms with van der Waals surface area (Å²) in [6.45, 7) is 6.32. The predicted octanol–water partition coefficient (Wildman–Crippen LogP) is 1.78. The first kappa shape index (κ1) is 17.7. The molecule has 0 radical (unpaired) electrons. The van der Waals surface area contributed by atoms with E-state index in [9.17, 15) is 9.59 Å². The molecule has 0 aliphatic carbocycles. The quantitative estimate of drug-likeness (QED) is 0.908. The first-order valence-electron chi connectivity index (χ1n) is 9.08. The average Bonchev–Trinajstić information content (AvgIpc) is 2.66. The van der Waals surface area contributed by atoms with Crippen LogP contribution in [-0.4, -0.2) is 61.1 Å². The first-order chi connectivity index (χ1) is 12.1. The van der Waals surface area contributed by atoms with Crippen molar-refractivity contribution in [3.05, 3.63) is 35.4 Å². The molecule has 6 heteroatoms. The lowest BCUT2D eigenvalue weighted by molar-refractivity contribution is -0.141. The average molecular weight is 345 g/mol. The Bertz CT molecular complexity index is 614. The van der Waals surface area contributed by atoms with Gasteiger partial charge in [-0.15, -0.1) is 0 Å². The SMILES string of the molecule is Cc1cccc(CNC(=O)N2CCC[C@H](C(=O)N3CCOCC3)C2)c1. The van der Waals surface area contributed by atoms with Gasteiger partial charge in [-0.2, -0.15) is 0 Å². The Balaban J connectivity index is 1.51. The zero-order valence-electron chi connectivity index (χ0n) is 14.9. The normalized spacial score (nSPS) is 21.1. The molecule has 1 N–H and O–H groups in total. The number of piperidine rings is 1. The molecule has 2 heterocycles. The van der Waals surface area contributed by atoms with E-state index in [0.29, 0.717) is 45.9 Å². The number of hydrogen-bond donors (Lipinski definition) is 1. The van der Waals surface area contributed by atoms with Crippen LogP contribution in [0.2, 0.25) is 0 Å².